The molecule has 1 rings (SSSR count). The van der Waals surface area contributed by atoms with Gasteiger partial charge in [-0.05, 0) is 45.7 Å². The SMILES string of the molecule is COc1ccccc1NC(=O)CCNCCCN(C)C. The third kappa shape index (κ3) is 6.54. The second-order valence-electron chi connectivity index (χ2n) is 4.91. The molecule has 0 aliphatic rings. The number of para-hydroxylation sites is 2. The molecule has 2 N–H and O–H groups in total. The number of amides is 1. The average Bonchev–Trinajstić information content (AvgIpc) is 2.43. The molecule has 5 heteroatoms. The van der Waals surface area contributed by atoms with E-state index in [9.17, 15) is 4.79 Å². The molecule has 0 saturated carbocycles. The molecule has 0 aromatic heterocycles. The van der Waals surface area contributed by atoms with E-state index >= 15 is 0 Å². The topological polar surface area (TPSA) is 53.6 Å². The molecule has 0 aliphatic carbocycles. The lowest BCUT2D eigenvalue weighted by Gasteiger charge is -2.11. The van der Waals surface area contributed by atoms with Gasteiger partial charge in [-0.1, -0.05) is 12.1 Å². The Bertz CT molecular complexity index is 408. The summed E-state index contributed by atoms with van der Waals surface area (Å²) in [4.78, 5) is 14.0. The molecule has 0 fully saturated rings. The van der Waals surface area contributed by atoms with E-state index in [1.165, 1.54) is 0 Å². The zero-order chi connectivity index (χ0) is 14.8. The van der Waals surface area contributed by atoms with Crippen molar-refractivity contribution in [1.29, 1.82) is 0 Å². The highest BCUT2D eigenvalue weighted by Gasteiger charge is 2.06. The standard InChI is InChI=1S/C15H25N3O2/c1-18(2)12-6-10-16-11-9-15(19)17-13-7-4-5-8-14(13)20-3/h4-5,7-8,16H,6,9-12H2,1-3H3,(H,17,19). The highest BCUT2D eigenvalue weighted by atomic mass is 16.5. The Morgan fingerprint density at radius 2 is 2.00 bits per heavy atom. The van der Waals surface area contributed by atoms with Crippen LogP contribution in [0.1, 0.15) is 12.8 Å². The predicted molar refractivity (Wildman–Crippen MR) is 82.3 cm³/mol. The maximum absolute atomic E-state index is 11.8. The molecule has 0 saturated heterocycles. The first-order chi connectivity index (χ1) is 9.63. The van der Waals surface area contributed by atoms with Crippen LogP contribution < -0.4 is 15.4 Å². The molecule has 0 unspecified atom stereocenters. The van der Waals surface area contributed by atoms with Crippen molar-refractivity contribution in [2.45, 2.75) is 12.8 Å². The fourth-order valence-electron chi connectivity index (χ4n) is 1.81. The number of nitrogens with zero attached hydrogens (tertiary/aromatic N) is 1. The summed E-state index contributed by atoms with van der Waals surface area (Å²) in [5, 5.41) is 6.13. The summed E-state index contributed by atoms with van der Waals surface area (Å²) in [6.07, 6.45) is 1.54. The van der Waals surface area contributed by atoms with Crippen LogP contribution in [0.2, 0.25) is 0 Å². The third-order valence-corrected chi connectivity index (χ3v) is 2.87. The lowest BCUT2D eigenvalue weighted by Crippen LogP contribution is -2.25. The van der Waals surface area contributed by atoms with Crippen LogP contribution in [0.3, 0.4) is 0 Å². The fraction of sp³-hybridized carbons (Fsp3) is 0.533. The van der Waals surface area contributed by atoms with Gasteiger partial charge in [0.15, 0.2) is 0 Å². The summed E-state index contributed by atoms with van der Waals surface area (Å²) in [6, 6.07) is 7.41. The van der Waals surface area contributed by atoms with Crippen LogP contribution >= 0.6 is 0 Å². The minimum Gasteiger partial charge on any atom is -0.495 e. The van der Waals surface area contributed by atoms with Crippen LogP contribution in [-0.2, 0) is 4.79 Å². The maximum atomic E-state index is 11.8. The molecule has 1 amide bonds. The zero-order valence-electron chi connectivity index (χ0n) is 12.6. The van der Waals surface area contributed by atoms with Crippen molar-refractivity contribution in [3.05, 3.63) is 24.3 Å². The highest BCUT2D eigenvalue weighted by Crippen LogP contribution is 2.22. The number of benzene rings is 1. The molecule has 0 atom stereocenters. The summed E-state index contributed by atoms with van der Waals surface area (Å²) in [7, 11) is 5.71. The quantitative estimate of drug-likeness (QED) is 0.674. The lowest BCUT2D eigenvalue weighted by molar-refractivity contribution is -0.116. The first-order valence-corrected chi connectivity index (χ1v) is 6.92. The van der Waals surface area contributed by atoms with Crippen LogP contribution in [0, 0.1) is 0 Å². The first-order valence-electron chi connectivity index (χ1n) is 6.92. The molecule has 0 spiro atoms. The van der Waals surface area contributed by atoms with E-state index in [-0.39, 0.29) is 5.91 Å². The second kappa shape index (κ2) is 9.34. The molecule has 0 bridgehead atoms. The summed E-state index contributed by atoms with van der Waals surface area (Å²) in [6.45, 7) is 2.68. The molecule has 20 heavy (non-hydrogen) atoms. The average molecular weight is 279 g/mol. The van der Waals surface area contributed by atoms with Gasteiger partial charge in [0, 0.05) is 13.0 Å². The van der Waals surface area contributed by atoms with Gasteiger partial charge < -0.3 is 20.3 Å². The lowest BCUT2D eigenvalue weighted by atomic mass is 10.2. The Kier molecular flexibility index (Phi) is 7.69. The van der Waals surface area contributed by atoms with Gasteiger partial charge in [0.25, 0.3) is 0 Å². The van der Waals surface area contributed by atoms with Crippen LogP contribution in [0.5, 0.6) is 5.75 Å². The highest BCUT2D eigenvalue weighted by molar-refractivity contribution is 5.92. The van der Waals surface area contributed by atoms with E-state index in [2.05, 4.69) is 29.6 Å². The van der Waals surface area contributed by atoms with Crippen molar-refractivity contribution in [3.63, 3.8) is 0 Å². The molecular weight excluding hydrogens is 254 g/mol. The zero-order valence-corrected chi connectivity index (χ0v) is 12.6. The maximum Gasteiger partial charge on any atom is 0.225 e. The molecule has 1 aromatic carbocycles. The van der Waals surface area contributed by atoms with Crippen molar-refractivity contribution in [1.82, 2.24) is 10.2 Å². The van der Waals surface area contributed by atoms with Crippen LogP contribution in [-0.4, -0.2) is 51.6 Å². The second-order valence-corrected chi connectivity index (χ2v) is 4.91. The number of nitrogens with one attached hydrogen (secondary N) is 2. The number of ether oxygens (including phenoxy) is 1. The summed E-state index contributed by atoms with van der Waals surface area (Å²) >= 11 is 0. The summed E-state index contributed by atoms with van der Waals surface area (Å²) in [5.74, 6) is 0.675. The van der Waals surface area contributed by atoms with E-state index < -0.39 is 0 Å². The van der Waals surface area contributed by atoms with Crippen LogP contribution in [0.15, 0.2) is 24.3 Å². The predicted octanol–water partition coefficient (Wildman–Crippen LogP) is 1.57. The van der Waals surface area contributed by atoms with Crippen molar-refractivity contribution < 1.29 is 9.53 Å². The Morgan fingerprint density at radius 3 is 2.70 bits per heavy atom. The van der Waals surface area contributed by atoms with Gasteiger partial charge in [0.1, 0.15) is 5.75 Å². The molecule has 0 heterocycles. The van der Waals surface area contributed by atoms with Crippen LogP contribution in [0.4, 0.5) is 5.69 Å². The van der Waals surface area contributed by atoms with Gasteiger partial charge in [0.2, 0.25) is 5.91 Å². The Labute approximate surface area is 121 Å². The van der Waals surface area contributed by atoms with Gasteiger partial charge in [-0.3, -0.25) is 4.79 Å². The summed E-state index contributed by atoms with van der Waals surface area (Å²) < 4.78 is 5.19. The van der Waals surface area contributed by atoms with Gasteiger partial charge in [-0.2, -0.15) is 0 Å². The number of methoxy groups -OCH3 is 1. The summed E-state index contributed by atoms with van der Waals surface area (Å²) in [5.41, 5.74) is 0.715. The van der Waals surface area contributed by atoms with Gasteiger partial charge >= 0.3 is 0 Å². The number of carbonyl (C=O) groups is 1. The number of hydrogen-bond donors (Lipinski definition) is 2. The van der Waals surface area contributed by atoms with E-state index in [0.29, 0.717) is 24.4 Å². The normalized spacial score (nSPS) is 10.6. The molecule has 1 aromatic rings. The van der Waals surface area contributed by atoms with Crippen LogP contribution in [0.25, 0.3) is 0 Å². The van der Waals surface area contributed by atoms with Crippen molar-refractivity contribution >= 4 is 11.6 Å². The van der Waals surface area contributed by atoms with Gasteiger partial charge in [-0.25, -0.2) is 0 Å². The molecule has 112 valence electrons. The Hall–Kier alpha value is -1.59. The first kappa shape index (κ1) is 16.5. The van der Waals surface area contributed by atoms with E-state index in [0.717, 1.165) is 19.5 Å². The van der Waals surface area contributed by atoms with Crippen molar-refractivity contribution in [2.75, 3.05) is 46.2 Å². The Balaban J connectivity index is 2.20. The van der Waals surface area contributed by atoms with E-state index in [1.54, 1.807) is 7.11 Å². The monoisotopic (exact) mass is 279 g/mol. The smallest absolute Gasteiger partial charge is 0.225 e. The number of anilines is 1. The molecule has 0 radical (unpaired) electrons. The number of hydrogen-bond acceptors (Lipinski definition) is 4. The van der Waals surface area contributed by atoms with Gasteiger partial charge in [-0.15, -0.1) is 0 Å². The molecular formula is C15H25N3O2. The van der Waals surface area contributed by atoms with Crippen molar-refractivity contribution in [3.8, 4) is 5.75 Å². The minimum atomic E-state index is -0.00499. The fourth-order valence-corrected chi connectivity index (χ4v) is 1.81. The third-order valence-electron chi connectivity index (χ3n) is 2.87. The largest absolute Gasteiger partial charge is 0.495 e. The van der Waals surface area contributed by atoms with Gasteiger partial charge in [0.05, 0.1) is 12.8 Å². The van der Waals surface area contributed by atoms with E-state index in [1.807, 2.05) is 24.3 Å². The number of rotatable bonds is 9. The molecule has 0 aliphatic heterocycles. The van der Waals surface area contributed by atoms with E-state index in [4.69, 9.17) is 4.74 Å². The number of carbonyl (C=O) groups excluding carboxylic acids is 1. The van der Waals surface area contributed by atoms with Crippen molar-refractivity contribution in [2.24, 2.45) is 0 Å². The minimum absolute atomic E-state index is 0.00499. The Morgan fingerprint density at radius 1 is 1.25 bits per heavy atom. The molecule has 5 nitrogen and oxygen atoms in total.